The van der Waals surface area contributed by atoms with Crippen LogP contribution in [0.3, 0.4) is 0 Å². The normalized spacial score (nSPS) is 8.53. The molecular formula is C10H17F2GaN2. The average molecular weight is 273 g/mol. The Labute approximate surface area is 100 Å². The average Bonchev–Trinajstić information content (AvgIpc) is 2.27. The number of nitrogens with zero attached hydrogens (tertiary/aromatic N) is 2. The van der Waals surface area contributed by atoms with Crippen molar-refractivity contribution in [2.24, 2.45) is 0 Å². The van der Waals surface area contributed by atoms with E-state index >= 15 is 0 Å². The van der Waals surface area contributed by atoms with Crippen LogP contribution >= 0.6 is 0 Å². The zero-order chi connectivity index (χ0) is 12.4. The number of halogens is 2. The molecule has 0 aliphatic heterocycles. The third-order valence-electron chi connectivity index (χ3n) is 1.27. The topological polar surface area (TPSA) is 25.8 Å². The molecule has 0 bridgehead atoms. The van der Waals surface area contributed by atoms with Gasteiger partial charge in [0.15, 0.2) is 0 Å². The van der Waals surface area contributed by atoms with E-state index in [0.717, 1.165) is 0 Å². The van der Waals surface area contributed by atoms with Gasteiger partial charge in [-0.15, -0.1) is 0 Å². The summed E-state index contributed by atoms with van der Waals surface area (Å²) < 4.78 is 24.9. The minimum absolute atomic E-state index is 0.0145. The van der Waals surface area contributed by atoms with Crippen molar-refractivity contribution in [3.63, 3.8) is 0 Å². The third-order valence-corrected chi connectivity index (χ3v) is 1.86. The third kappa shape index (κ3) is 6.62. The molecule has 0 atom stereocenters. The molecule has 1 aromatic heterocycles. The number of aryl methyl sites for hydroxylation is 1. The number of alkyl halides is 2. The van der Waals surface area contributed by atoms with Gasteiger partial charge in [0.25, 0.3) is 0 Å². The van der Waals surface area contributed by atoms with Gasteiger partial charge >= 0.3 is 72.5 Å². The second kappa shape index (κ2) is 10.1. The molecule has 5 heteroatoms. The molecule has 0 unspecified atom stereocenters. The van der Waals surface area contributed by atoms with Crippen LogP contribution < -0.4 is 4.25 Å². The van der Waals surface area contributed by atoms with Crippen LogP contribution in [0.2, 0.25) is 0 Å². The van der Waals surface area contributed by atoms with Crippen molar-refractivity contribution in [2.45, 2.75) is 41.0 Å². The molecule has 1 heterocycles. The summed E-state index contributed by atoms with van der Waals surface area (Å²) in [4.78, 5) is 0. The Morgan fingerprint density at radius 1 is 1.13 bits per heavy atom. The molecule has 1 rings (SSSR count). The molecule has 15 heavy (non-hydrogen) atoms. The molecular weight excluding hydrogens is 256 g/mol. The summed E-state index contributed by atoms with van der Waals surface area (Å²) >= 11 is 1.20. The first kappa shape index (κ1) is 17.0. The van der Waals surface area contributed by atoms with Gasteiger partial charge in [-0.25, -0.2) is 0 Å². The predicted octanol–water partition coefficient (Wildman–Crippen LogP) is 2.57. The molecule has 2 nitrogen and oxygen atoms in total. The number of rotatable bonds is 1. The number of aromatic nitrogens is 2. The Balaban J connectivity index is 0. The maximum absolute atomic E-state index is 12.1. The second-order valence-electron chi connectivity index (χ2n) is 2.11. The molecule has 0 aliphatic rings. The molecule has 0 aliphatic carbocycles. The number of hydrogen-bond donors (Lipinski definition) is 0. The van der Waals surface area contributed by atoms with Gasteiger partial charge < -0.3 is 0 Å². The molecule has 0 saturated heterocycles. The van der Waals surface area contributed by atoms with Crippen LogP contribution in [-0.2, 0) is 0 Å². The van der Waals surface area contributed by atoms with Crippen molar-refractivity contribution >= 4 is 22.8 Å². The van der Waals surface area contributed by atoms with Crippen molar-refractivity contribution in [2.75, 3.05) is 0 Å². The van der Waals surface area contributed by atoms with E-state index in [0.29, 0.717) is 9.94 Å². The number of hydrogen-bond acceptors (Lipinski definition) is 2. The van der Waals surface area contributed by atoms with Crippen LogP contribution in [0, 0.1) is 6.92 Å². The summed E-state index contributed by atoms with van der Waals surface area (Å²) in [6, 6.07) is 1.38. The molecule has 84 valence electrons. The van der Waals surface area contributed by atoms with Crippen LogP contribution in [0.4, 0.5) is 8.78 Å². The molecule has 0 spiro atoms. The van der Waals surface area contributed by atoms with E-state index in [1.807, 2.05) is 27.7 Å². The monoisotopic (exact) mass is 272 g/mol. The first-order valence-electron chi connectivity index (χ1n) is 4.99. The van der Waals surface area contributed by atoms with Gasteiger partial charge in [-0.2, -0.15) is 0 Å². The van der Waals surface area contributed by atoms with Crippen molar-refractivity contribution in [1.82, 2.24) is 10.2 Å². The first-order valence-corrected chi connectivity index (χ1v) is 6.20. The van der Waals surface area contributed by atoms with Crippen LogP contribution in [-0.4, -0.2) is 28.8 Å². The SMILES string of the molecule is CC.CC.Cc1nn[c]([Ga])cc1C(F)F. The summed E-state index contributed by atoms with van der Waals surface area (Å²) in [5.74, 6) is 0. The summed E-state index contributed by atoms with van der Waals surface area (Å²) in [7, 11) is 0. The van der Waals surface area contributed by atoms with Gasteiger partial charge in [-0.05, 0) is 0 Å². The second-order valence-corrected chi connectivity index (χ2v) is 3.35. The fraction of sp³-hybridized carbons (Fsp3) is 0.600. The van der Waals surface area contributed by atoms with Crippen LogP contribution in [0.1, 0.15) is 45.4 Å². The van der Waals surface area contributed by atoms with E-state index in [9.17, 15) is 8.78 Å². The standard InChI is InChI=1S/C6H5F2N2.2C2H6.Ga/c1-4-5(6(7)8)2-3-9-10-4;2*1-2;/h2,6H,1H3;2*1-2H3;. The first-order chi connectivity index (χ1) is 7.11. The van der Waals surface area contributed by atoms with E-state index in [2.05, 4.69) is 10.2 Å². The van der Waals surface area contributed by atoms with Crippen molar-refractivity contribution in [3.8, 4) is 0 Å². The van der Waals surface area contributed by atoms with Crippen LogP contribution in [0.5, 0.6) is 0 Å². The van der Waals surface area contributed by atoms with Crippen LogP contribution in [0.15, 0.2) is 6.07 Å². The van der Waals surface area contributed by atoms with Crippen molar-refractivity contribution in [3.05, 3.63) is 17.3 Å². The van der Waals surface area contributed by atoms with Gasteiger partial charge in [0.2, 0.25) is 0 Å². The Morgan fingerprint density at radius 3 is 1.93 bits per heavy atom. The Kier molecular flexibility index (Phi) is 11.4. The Morgan fingerprint density at radius 2 is 1.60 bits per heavy atom. The zero-order valence-corrected chi connectivity index (χ0v) is 12.3. The van der Waals surface area contributed by atoms with E-state index in [1.165, 1.54) is 31.6 Å². The van der Waals surface area contributed by atoms with Gasteiger partial charge in [0, 0.05) is 0 Å². The molecule has 0 amide bonds. The molecule has 0 N–H and O–H groups in total. The minimum atomic E-state index is -2.44. The molecule has 2 radical (unpaired) electrons. The zero-order valence-electron chi connectivity index (χ0n) is 9.88. The maximum atomic E-state index is 12.1. The fourth-order valence-corrected chi connectivity index (χ4v) is 1.20. The molecule has 0 fully saturated rings. The van der Waals surface area contributed by atoms with E-state index in [-0.39, 0.29) is 5.56 Å². The van der Waals surface area contributed by atoms with Gasteiger partial charge in [0.1, 0.15) is 0 Å². The summed E-state index contributed by atoms with van der Waals surface area (Å²) in [5, 5.41) is 7.25. The Hall–Kier alpha value is -0.424. The Bertz CT molecular complexity index is 268. The van der Waals surface area contributed by atoms with Crippen molar-refractivity contribution < 1.29 is 8.78 Å². The predicted molar refractivity (Wildman–Crippen MR) is 59.8 cm³/mol. The van der Waals surface area contributed by atoms with E-state index in [1.54, 1.807) is 0 Å². The van der Waals surface area contributed by atoms with Gasteiger partial charge in [-0.3, -0.25) is 0 Å². The molecule has 0 aromatic carbocycles. The van der Waals surface area contributed by atoms with Crippen LogP contribution in [0.25, 0.3) is 0 Å². The van der Waals surface area contributed by atoms with Gasteiger partial charge in [-0.1, -0.05) is 27.7 Å². The summed E-state index contributed by atoms with van der Waals surface area (Å²) in [5.41, 5.74) is 0.292. The molecule has 0 saturated carbocycles. The summed E-state index contributed by atoms with van der Waals surface area (Å²) in [6.45, 7) is 9.53. The fourth-order valence-electron chi connectivity index (χ4n) is 0.704. The van der Waals surface area contributed by atoms with Gasteiger partial charge in [0.05, 0.1) is 0 Å². The van der Waals surface area contributed by atoms with E-state index in [4.69, 9.17) is 0 Å². The quantitative estimate of drug-likeness (QED) is 0.735. The van der Waals surface area contributed by atoms with E-state index < -0.39 is 6.43 Å². The van der Waals surface area contributed by atoms with Crippen molar-refractivity contribution in [1.29, 1.82) is 0 Å². The molecule has 1 aromatic rings. The summed E-state index contributed by atoms with van der Waals surface area (Å²) in [6.07, 6.45) is -2.44.